The molecule has 1 amide bonds. The highest BCUT2D eigenvalue weighted by atomic mass is 32.2. The number of thioether (sulfide) groups is 1. The minimum atomic E-state index is -0.0878. The fourth-order valence-electron chi connectivity index (χ4n) is 3.07. The molecular weight excluding hydrogens is 394 g/mol. The van der Waals surface area contributed by atoms with E-state index in [9.17, 15) is 10.1 Å². The van der Waals surface area contributed by atoms with Crippen LogP contribution in [-0.2, 0) is 4.79 Å². The van der Waals surface area contributed by atoms with Crippen LogP contribution in [-0.4, -0.2) is 26.2 Å². The topological polar surface area (TPSA) is 49.0 Å². The van der Waals surface area contributed by atoms with Crippen molar-refractivity contribution >= 4 is 51.6 Å². The van der Waals surface area contributed by atoms with Gasteiger partial charge in [-0.05, 0) is 51.0 Å². The number of carbonyl (C=O) groups excluding carboxylic acids is 1. The number of nitriles is 1. The molecule has 1 aliphatic heterocycles. The van der Waals surface area contributed by atoms with Crippen molar-refractivity contribution in [1.29, 1.82) is 5.26 Å². The van der Waals surface area contributed by atoms with Crippen LogP contribution in [0, 0.1) is 39.0 Å². The number of amides is 1. The molecule has 0 N–H and O–H groups in total. The van der Waals surface area contributed by atoms with Crippen molar-refractivity contribution in [3.8, 4) is 11.1 Å². The van der Waals surface area contributed by atoms with Gasteiger partial charge in [-0.3, -0.25) is 9.69 Å². The van der Waals surface area contributed by atoms with Gasteiger partial charge in [0.15, 0.2) is 0 Å². The lowest BCUT2D eigenvalue weighted by molar-refractivity contribution is -0.121. The van der Waals surface area contributed by atoms with E-state index < -0.39 is 0 Å². The summed E-state index contributed by atoms with van der Waals surface area (Å²) in [5.41, 5.74) is 4.72. The maximum atomic E-state index is 12.6. The Morgan fingerprint density at radius 2 is 2.04 bits per heavy atom. The number of hydrogen-bond acceptors (Lipinski definition) is 5. The van der Waals surface area contributed by atoms with Gasteiger partial charge in [0.2, 0.25) is 0 Å². The minimum Gasteiger partial charge on any atom is -0.308 e. The van der Waals surface area contributed by atoms with Crippen molar-refractivity contribution in [3.05, 3.63) is 56.6 Å². The molecule has 1 aliphatic rings. The van der Waals surface area contributed by atoms with Crippen molar-refractivity contribution in [2.24, 2.45) is 0 Å². The lowest BCUT2D eigenvalue weighted by Crippen LogP contribution is -2.27. The Balaban J connectivity index is 2.07. The van der Waals surface area contributed by atoms with Crippen LogP contribution in [0.1, 0.15) is 33.0 Å². The Hall–Kier alpha value is -2.14. The molecular formula is C20H19N3OS3. The number of aryl methyl sites for hydroxylation is 2. The van der Waals surface area contributed by atoms with Crippen molar-refractivity contribution in [2.75, 3.05) is 6.54 Å². The number of aromatic nitrogens is 1. The third kappa shape index (κ3) is 3.29. The number of thiophene rings is 1. The van der Waals surface area contributed by atoms with Crippen LogP contribution in [0.4, 0.5) is 0 Å². The largest absolute Gasteiger partial charge is 0.308 e. The van der Waals surface area contributed by atoms with E-state index in [0.29, 0.717) is 21.3 Å². The van der Waals surface area contributed by atoms with Gasteiger partial charge in [-0.2, -0.15) is 5.26 Å². The highest BCUT2D eigenvalue weighted by molar-refractivity contribution is 8.26. The third-order valence-corrected chi connectivity index (χ3v) is 7.19. The monoisotopic (exact) mass is 413 g/mol. The summed E-state index contributed by atoms with van der Waals surface area (Å²) >= 11 is 8.24. The van der Waals surface area contributed by atoms with E-state index in [4.69, 9.17) is 12.2 Å². The van der Waals surface area contributed by atoms with Crippen molar-refractivity contribution < 1.29 is 4.79 Å². The summed E-state index contributed by atoms with van der Waals surface area (Å²) in [6.07, 6.45) is 3.56. The molecule has 0 radical (unpaired) electrons. The van der Waals surface area contributed by atoms with Crippen molar-refractivity contribution in [1.82, 2.24) is 9.47 Å². The van der Waals surface area contributed by atoms with E-state index >= 15 is 0 Å². The summed E-state index contributed by atoms with van der Waals surface area (Å²) in [6, 6.07) is 4.38. The summed E-state index contributed by atoms with van der Waals surface area (Å²) in [5, 5.41) is 10.5. The Morgan fingerprint density at radius 1 is 1.33 bits per heavy atom. The lowest BCUT2D eigenvalue weighted by atomic mass is 10.2. The van der Waals surface area contributed by atoms with Crippen LogP contribution in [0.15, 0.2) is 23.6 Å². The zero-order chi connectivity index (χ0) is 19.9. The SMILES string of the molecule is C=CCN1C(=O)C(=Cc2cc(C)n(-c3sc(C)c(C)c3C#N)c2C)SC1=S. The second-order valence-electron chi connectivity index (χ2n) is 6.32. The van der Waals surface area contributed by atoms with Crippen molar-refractivity contribution in [3.63, 3.8) is 0 Å². The molecule has 3 rings (SSSR count). The van der Waals surface area contributed by atoms with Gasteiger partial charge >= 0.3 is 0 Å². The van der Waals surface area contributed by atoms with Gasteiger partial charge in [0.05, 0.1) is 10.5 Å². The zero-order valence-electron chi connectivity index (χ0n) is 15.6. The number of thiocarbonyl (C=S) groups is 1. The van der Waals surface area contributed by atoms with E-state index in [1.165, 1.54) is 11.8 Å². The Bertz CT molecular complexity index is 1050. The summed E-state index contributed by atoms with van der Waals surface area (Å²) < 4.78 is 2.65. The quantitative estimate of drug-likeness (QED) is 0.401. The number of nitrogens with zero attached hydrogens (tertiary/aromatic N) is 3. The van der Waals surface area contributed by atoms with Crippen LogP contribution in [0.25, 0.3) is 11.1 Å². The van der Waals surface area contributed by atoms with E-state index in [1.807, 2.05) is 39.8 Å². The first-order valence-electron chi connectivity index (χ1n) is 8.35. The standard InChI is InChI=1S/C20H19N3OS3/c1-6-7-22-18(24)17(27-20(22)25)9-15-8-11(2)23(13(15)4)19-16(10-21)12(3)14(5)26-19/h6,8-9H,1,7H2,2-5H3. The first kappa shape index (κ1) is 19.6. The molecule has 138 valence electrons. The Morgan fingerprint density at radius 3 is 2.67 bits per heavy atom. The van der Waals surface area contributed by atoms with Crippen LogP contribution in [0.3, 0.4) is 0 Å². The van der Waals surface area contributed by atoms with Gasteiger partial charge in [-0.15, -0.1) is 17.9 Å². The molecule has 0 atom stereocenters. The predicted molar refractivity (Wildman–Crippen MR) is 117 cm³/mol. The van der Waals surface area contributed by atoms with Gasteiger partial charge in [-0.25, -0.2) is 0 Å². The highest BCUT2D eigenvalue weighted by Gasteiger charge is 2.31. The predicted octanol–water partition coefficient (Wildman–Crippen LogP) is 5.03. The smallest absolute Gasteiger partial charge is 0.266 e. The fraction of sp³-hybridized carbons (Fsp3) is 0.250. The summed E-state index contributed by atoms with van der Waals surface area (Å²) in [7, 11) is 0. The van der Waals surface area contributed by atoms with Gasteiger partial charge in [-0.1, -0.05) is 30.1 Å². The number of hydrogen-bond donors (Lipinski definition) is 0. The molecule has 0 unspecified atom stereocenters. The molecule has 0 spiro atoms. The second-order valence-corrected chi connectivity index (χ2v) is 9.20. The third-order valence-electron chi connectivity index (χ3n) is 4.62. The molecule has 0 bridgehead atoms. The molecule has 2 aromatic heterocycles. The van der Waals surface area contributed by atoms with Crippen molar-refractivity contribution in [2.45, 2.75) is 27.7 Å². The second kappa shape index (κ2) is 7.47. The van der Waals surface area contributed by atoms with Gasteiger partial charge in [0, 0.05) is 22.8 Å². The fourth-order valence-corrected chi connectivity index (χ4v) is 5.56. The lowest BCUT2D eigenvalue weighted by Gasteiger charge is -2.10. The van der Waals surface area contributed by atoms with Gasteiger partial charge < -0.3 is 4.57 Å². The summed E-state index contributed by atoms with van der Waals surface area (Å²) in [6.45, 7) is 12.1. The average molecular weight is 414 g/mol. The molecule has 0 saturated carbocycles. The van der Waals surface area contributed by atoms with Crippen LogP contribution in [0.5, 0.6) is 0 Å². The van der Waals surface area contributed by atoms with Gasteiger partial charge in [0.25, 0.3) is 5.91 Å². The maximum absolute atomic E-state index is 12.6. The molecule has 4 nitrogen and oxygen atoms in total. The number of rotatable bonds is 4. The molecule has 0 aromatic carbocycles. The van der Waals surface area contributed by atoms with Crippen LogP contribution in [0.2, 0.25) is 0 Å². The molecule has 7 heteroatoms. The van der Waals surface area contributed by atoms with Crippen LogP contribution >= 0.6 is 35.3 Å². The van der Waals surface area contributed by atoms with E-state index in [2.05, 4.69) is 17.2 Å². The first-order chi connectivity index (χ1) is 12.8. The van der Waals surface area contributed by atoms with E-state index in [-0.39, 0.29) is 5.91 Å². The molecule has 1 fully saturated rings. The molecule has 0 aliphatic carbocycles. The molecule has 27 heavy (non-hydrogen) atoms. The maximum Gasteiger partial charge on any atom is 0.266 e. The Kier molecular flexibility index (Phi) is 5.43. The first-order valence-corrected chi connectivity index (χ1v) is 10.4. The zero-order valence-corrected chi connectivity index (χ0v) is 18.1. The highest BCUT2D eigenvalue weighted by Crippen LogP contribution is 2.36. The number of carbonyl (C=O) groups is 1. The van der Waals surface area contributed by atoms with E-state index in [0.717, 1.165) is 32.4 Å². The normalized spacial score (nSPS) is 15.7. The van der Waals surface area contributed by atoms with Gasteiger partial charge in [0.1, 0.15) is 15.4 Å². The average Bonchev–Trinajstić information content (AvgIpc) is 3.16. The minimum absolute atomic E-state index is 0.0878. The summed E-state index contributed by atoms with van der Waals surface area (Å²) in [5.74, 6) is -0.0878. The molecule has 2 aromatic rings. The Labute approximate surface area is 172 Å². The summed E-state index contributed by atoms with van der Waals surface area (Å²) in [4.78, 5) is 15.9. The van der Waals surface area contributed by atoms with Crippen LogP contribution < -0.4 is 0 Å². The van der Waals surface area contributed by atoms with E-state index in [1.54, 1.807) is 22.3 Å². The molecule has 1 saturated heterocycles. The molecule has 3 heterocycles.